The largest absolute Gasteiger partial charge is 0.491 e. The summed E-state index contributed by atoms with van der Waals surface area (Å²) in [5, 5.41) is 12.6. The van der Waals surface area contributed by atoms with E-state index >= 15 is 0 Å². The van der Waals surface area contributed by atoms with E-state index in [4.69, 9.17) is 15.2 Å². The second-order valence-electron chi connectivity index (χ2n) is 8.82. The molecule has 4 heteroatoms. The molecule has 0 aliphatic rings. The summed E-state index contributed by atoms with van der Waals surface area (Å²) in [4.78, 5) is 0. The lowest BCUT2D eigenvalue weighted by molar-refractivity contribution is 0.0358. The van der Waals surface area contributed by atoms with Gasteiger partial charge >= 0.3 is 0 Å². The Hall–Kier alpha value is -2.82. The van der Waals surface area contributed by atoms with Crippen LogP contribution in [0, 0.1) is 0 Å². The normalized spacial score (nSPS) is 13.8. The van der Waals surface area contributed by atoms with Gasteiger partial charge in [0.2, 0.25) is 0 Å². The zero-order valence-electron chi connectivity index (χ0n) is 19.7. The first kappa shape index (κ1) is 23.8. The molecule has 32 heavy (non-hydrogen) atoms. The van der Waals surface area contributed by atoms with Gasteiger partial charge in [0.25, 0.3) is 0 Å². The van der Waals surface area contributed by atoms with E-state index in [9.17, 15) is 5.11 Å². The molecule has 0 aromatic heterocycles. The Morgan fingerprint density at radius 1 is 0.656 bits per heavy atom. The van der Waals surface area contributed by atoms with E-state index in [0.717, 1.165) is 5.56 Å². The van der Waals surface area contributed by atoms with Gasteiger partial charge in [0, 0.05) is 17.2 Å². The first-order chi connectivity index (χ1) is 15.2. The number of hydrogen-bond donors (Lipinski definition) is 2. The Labute approximate surface area is 192 Å². The molecule has 0 saturated carbocycles. The summed E-state index contributed by atoms with van der Waals surface area (Å²) >= 11 is 0. The first-order valence-corrected chi connectivity index (χ1v) is 11.3. The Morgan fingerprint density at radius 3 is 1.50 bits per heavy atom. The average molecular weight is 434 g/mol. The topological polar surface area (TPSA) is 64.7 Å². The van der Waals surface area contributed by atoms with Crippen molar-refractivity contribution in [3.8, 4) is 11.5 Å². The van der Waals surface area contributed by atoms with Gasteiger partial charge in [-0.2, -0.15) is 0 Å². The van der Waals surface area contributed by atoms with Gasteiger partial charge in [0.15, 0.2) is 0 Å². The lowest BCUT2D eigenvalue weighted by Crippen LogP contribution is -2.50. The summed E-state index contributed by atoms with van der Waals surface area (Å²) in [6, 6.07) is 24.5. The Kier molecular flexibility index (Phi) is 7.60. The molecular weight excluding hydrogens is 398 g/mol. The Morgan fingerprint density at radius 2 is 1.06 bits per heavy atom. The molecule has 3 aromatic carbocycles. The fourth-order valence-corrected chi connectivity index (χ4v) is 4.11. The van der Waals surface area contributed by atoms with Crippen LogP contribution in [0.5, 0.6) is 11.5 Å². The SMILES string of the molecule is CC(C)Oc1ccccc1C(O)(c1ccccc1OC(C)C)C(N)C(C)c1ccccc1. The van der Waals surface area contributed by atoms with Crippen molar-refractivity contribution in [2.75, 3.05) is 0 Å². The van der Waals surface area contributed by atoms with Gasteiger partial charge in [-0.15, -0.1) is 0 Å². The zero-order valence-corrected chi connectivity index (χ0v) is 19.7. The van der Waals surface area contributed by atoms with Crippen LogP contribution in [-0.2, 0) is 5.60 Å². The number of benzene rings is 3. The van der Waals surface area contributed by atoms with E-state index < -0.39 is 11.6 Å². The van der Waals surface area contributed by atoms with Crippen molar-refractivity contribution in [2.24, 2.45) is 5.73 Å². The molecule has 170 valence electrons. The van der Waals surface area contributed by atoms with E-state index in [1.807, 2.05) is 113 Å². The minimum absolute atomic E-state index is 0.0506. The summed E-state index contributed by atoms with van der Waals surface area (Å²) in [6.45, 7) is 9.93. The number of rotatable bonds is 9. The van der Waals surface area contributed by atoms with Crippen molar-refractivity contribution >= 4 is 0 Å². The van der Waals surface area contributed by atoms with Crippen LogP contribution in [0.4, 0.5) is 0 Å². The molecule has 0 aliphatic carbocycles. The highest BCUT2D eigenvalue weighted by molar-refractivity contribution is 5.52. The van der Waals surface area contributed by atoms with Crippen molar-refractivity contribution in [3.63, 3.8) is 0 Å². The van der Waals surface area contributed by atoms with Gasteiger partial charge < -0.3 is 20.3 Å². The monoisotopic (exact) mass is 433 g/mol. The molecule has 2 unspecified atom stereocenters. The third-order valence-electron chi connectivity index (χ3n) is 5.67. The van der Waals surface area contributed by atoms with Crippen molar-refractivity contribution in [2.45, 2.75) is 64.4 Å². The summed E-state index contributed by atoms with van der Waals surface area (Å²) < 4.78 is 12.2. The number of aliphatic hydroxyl groups is 1. The van der Waals surface area contributed by atoms with Crippen molar-refractivity contribution in [1.29, 1.82) is 0 Å². The summed E-state index contributed by atoms with van der Waals surface area (Å²) in [7, 11) is 0. The summed E-state index contributed by atoms with van der Waals surface area (Å²) in [5.41, 5.74) is 7.70. The van der Waals surface area contributed by atoms with Gasteiger partial charge in [0.1, 0.15) is 17.1 Å². The second-order valence-corrected chi connectivity index (χ2v) is 8.82. The third-order valence-corrected chi connectivity index (χ3v) is 5.67. The van der Waals surface area contributed by atoms with Crippen LogP contribution in [0.15, 0.2) is 78.9 Å². The van der Waals surface area contributed by atoms with Crippen molar-refractivity contribution in [3.05, 3.63) is 95.6 Å². The highest BCUT2D eigenvalue weighted by Crippen LogP contribution is 2.45. The van der Waals surface area contributed by atoms with Crippen LogP contribution in [-0.4, -0.2) is 23.4 Å². The average Bonchev–Trinajstić information content (AvgIpc) is 2.78. The van der Waals surface area contributed by atoms with E-state index in [1.54, 1.807) is 0 Å². The van der Waals surface area contributed by atoms with Gasteiger partial charge in [0.05, 0.1) is 12.2 Å². The van der Waals surface area contributed by atoms with E-state index in [2.05, 4.69) is 0 Å². The number of nitrogens with two attached hydrogens (primary N) is 1. The highest BCUT2D eigenvalue weighted by Gasteiger charge is 2.45. The molecule has 0 spiro atoms. The molecule has 2 atom stereocenters. The van der Waals surface area contributed by atoms with Crippen molar-refractivity contribution < 1.29 is 14.6 Å². The lowest BCUT2D eigenvalue weighted by atomic mass is 9.73. The van der Waals surface area contributed by atoms with E-state index in [0.29, 0.717) is 22.6 Å². The molecule has 0 fully saturated rings. The van der Waals surface area contributed by atoms with Crippen LogP contribution < -0.4 is 15.2 Å². The molecule has 3 aromatic rings. The van der Waals surface area contributed by atoms with E-state index in [1.165, 1.54) is 0 Å². The maximum atomic E-state index is 12.6. The predicted molar refractivity (Wildman–Crippen MR) is 130 cm³/mol. The quantitative estimate of drug-likeness (QED) is 0.459. The predicted octanol–water partition coefficient (Wildman–Crippen LogP) is 5.63. The molecule has 3 N–H and O–H groups in total. The second kappa shape index (κ2) is 10.2. The molecule has 0 aliphatic heterocycles. The molecule has 0 amide bonds. The molecule has 0 radical (unpaired) electrons. The lowest BCUT2D eigenvalue weighted by Gasteiger charge is -2.40. The smallest absolute Gasteiger partial charge is 0.137 e. The van der Waals surface area contributed by atoms with Gasteiger partial charge in [-0.3, -0.25) is 0 Å². The molecule has 4 nitrogen and oxygen atoms in total. The maximum Gasteiger partial charge on any atom is 0.137 e. The van der Waals surface area contributed by atoms with Crippen LogP contribution in [0.25, 0.3) is 0 Å². The highest BCUT2D eigenvalue weighted by atomic mass is 16.5. The minimum atomic E-state index is -1.55. The maximum absolute atomic E-state index is 12.6. The first-order valence-electron chi connectivity index (χ1n) is 11.3. The van der Waals surface area contributed by atoms with Gasteiger partial charge in [-0.25, -0.2) is 0 Å². The Balaban J connectivity index is 2.24. The zero-order chi connectivity index (χ0) is 23.3. The van der Waals surface area contributed by atoms with Gasteiger partial charge in [-0.1, -0.05) is 73.7 Å². The Bertz CT molecular complexity index is 947. The molecular formula is C28H35NO3. The van der Waals surface area contributed by atoms with Crippen molar-refractivity contribution in [1.82, 2.24) is 0 Å². The molecule has 0 heterocycles. The van der Waals surface area contributed by atoms with E-state index in [-0.39, 0.29) is 18.1 Å². The summed E-state index contributed by atoms with van der Waals surface area (Å²) in [5.74, 6) is 1.08. The number of ether oxygens (including phenoxy) is 2. The number of para-hydroxylation sites is 2. The number of hydrogen-bond acceptors (Lipinski definition) is 4. The van der Waals surface area contributed by atoms with Crippen LogP contribution in [0.1, 0.15) is 57.2 Å². The fourth-order valence-electron chi connectivity index (χ4n) is 4.11. The van der Waals surface area contributed by atoms with Crippen LogP contribution in [0.3, 0.4) is 0 Å². The van der Waals surface area contributed by atoms with Gasteiger partial charge in [-0.05, 0) is 51.3 Å². The minimum Gasteiger partial charge on any atom is -0.491 e. The third kappa shape index (κ3) is 4.98. The van der Waals surface area contributed by atoms with Crippen LogP contribution in [0.2, 0.25) is 0 Å². The molecule has 0 saturated heterocycles. The fraction of sp³-hybridized carbons (Fsp3) is 0.357. The molecule has 0 bridgehead atoms. The molecule has 3 rings (SSSR count). The standard InChI is InChI=1S/C28H35NO3/c1-19(2)31-25-17-11-9-15-23(25)28(30,24-16-10-12-18-26(24)32-20(3)4)27(29)21(5)22-13-7-6-8-14-22/h6-21,27,30H,29H2,1-5H3. The van der Waals surface area contributed by atoms with Crippen LogP contribution >= 0.6 is 0 Å². The summed E-state index contributed by atoms with van der Waals surface area (Å²) in [6.07, 6.45) is -0.101.